The predicted molar refractivity (Wildman–Crippen MR) is 43.9 cm³/mol. The molecule has 0 aromatic heterocycles. The summed E-state index contributed by atoms with van der Waals surface area (Å²) in [6.07, 6.45) is 0. The van der Waals surface area contributed by atoms with Gasteiger partial charge in [-0.05, 0) is 17.7 Å². The van der Waals surface area contributed by atoms with Gasteiger partial charge in [-0.3, -0.25) is 0 Å². The van der Waals surface area contributed by atoms with Crippen LogP contribution in [0, 0.1) is 5.53 Å². The molecule has 0 amide bonds. The van der Waals surface area contributed by atoms with Crippen LogP contribution in [0.4, 0.5) is 5.69 Å². The van der Waals surface area contributed by atoms with Gasteiger partial charge in [-0.25, -0.2) is 5.53 Å². The lowest BCUT2D eigenvalue weighted by atomic mass is 10.2. The minimum Gasteiger partial charge on any atom is -0.204 e. The van der Waals surface area contributed by atoms with Gasteiger partial charge in [-0.1, -0.05) is 28.1 Å². The van der Waals surface area contributed by atoms with Gasteiger partial charge >= 0.3 is 0 Å². The summed E-state index contributed by atoms with van der Waals surface area (Å²) in [5, 5.41) is 4.13. The van der Waals surface area contributed by atoms with Crippen LogP contribution in [0.25, 0.3) is 0 Å². The van der Waals surface area contributed by atoms with Crippen molar-refractivity contribution >= 4 is 21.6 Å². The average Bonchev–Trinajstić information content (AvgIpc) is 2.05. The summed E-state index contributed by atoms with van der Waals surface area (Å²) in [5.74, 6) is 0. The summed E-state index contributed by atoms with van der Waals surface area (Å²) < 4.78 is 0. The maximum Gasteiger partial charge on any atom is 0.0850 e. The smallest absolute Gasteiger partial charge is 0.0850 e. The first-order chi connectivity index (χ1) is 4.86. The van der Waals surface area contributed by atoms with Gasteiger partial charge in [0.1, 0.15) is 0 Å². The van der Waals surface area contributed by atoms with Crippen LogP contribution in [0.5, 0.6) is 0 Å². The SMILES string of the molecule is N=Nc1ccc(CBr)cc1. The molecule has 0 radical (unpaired) electrons. The molecule has 1 rings (SSSR count). The van der Waals surface area contributed by atoms with Crippen molar-refractivity contribution in [3.05, 3.63) is 29.8 Å². The normalized spacial score (nSPS) is 9.30. The minimum atomic E-state index is 0.699. The number of halogens is 1. The van der Waals surface area contributed by atoms with Gasteiger partial charge < -0.3 is 0 Å². The Hall–Kier alpha value is -0.700. The van der Waals surface area contributed by atoms with Gasteiger partial charge in [0.25, 0.3) is 0 Å². The van der Waals surface area contributed by atoms with Gasteiger partial charge in [0.15, 0.2) is 0 Å². The summed E-state index contributed by atoms with van der Waals surface area (Å²) >= 11 is 3.33. The zero-order valence-electron chi connectivity index (χ0n) is 5.34. The van der Waals surface area contributed by atoms with Crippen molar-refractivity contribution in [1.29, 1.82) is 5.53 Å². The number of nitrogens with one attached hydrogen (secondary N) is 1. The van der Waals surface area contributed by atoms with Crippen LogP contribution in [0.2, 0.25) is 0 Å². The highest BCUT2D eigenvalue weighted by molar-refractivity contribution is 9.08. The van der Waals surface area contributed by atoms with Gasteiger partial charge in [-0.2, -0.15) is 5.11 Å². The lowest BCUT2D eigenvalue weighted by Gasteiger charge is -1.93. The van der Waals surface area contributed by atoms with E-state index in [1.807, 2.05) is 24.3 Å². The topological polar surface area (TPSA) is 36.2 Å². The van der Waals surface area contributed by atoms with Gasteiger partial charge in [0, 0.05) is 5.33 Å². The molecule has 0 bridgehead atoms. The summed E-state index contributed by atoms with van der Waals surface area (Å²) in [6.45, 7) is 0. The Morgan fingerprint density at radius 1 is 1.30 bits per heavy atom. The van der Waals surface area contributed by atoms with Gasteiger partial charge in [0.05, 0.1) is 5.69 Å². The van der Waals surface area contributed by atoms with Gasteiger partial charge in [-0.15, -0.1) is 0 Å². The van der Waals surface area contributed by atoms with E-state index in [2.05, 4.69) is 21.0 Å². The number of hydrogen-bond acceptors (Lipinski definition) is 2. The van der Waals surface area contributed by atoms with Crippen molar-refractivity contribution < 1.29 is 0 Å². The Morgan fingerprint density at radius 3 is 2.30 bits per heavy atom. The van der Waals surface area contributed by atoms with Crippen molar-refractivity contribution in [2.75, 3.05) is 0 Å². The summed E-state index contributed by atoms with van der Waals surface area (Å²) in [7, 11) is 0. The molecule has 0 atom stereocenters. The molecule has 1 aromatic carbocycles. The molecule has 0 aliphatic rings. The number of nitrogens with zero attached hydrogens (tertiary/aromatic N) is 1. The van der Waals surface area contributed by atoms with Crippen molar-refractivity contribution in [2.45, 2.75) is 5.33 Å². The Bertz CT molecular complexity index is 218. The molecule has 1 aromatic rings. The molecule has 0 aliphatic heterocycles. The van der Waals surface area contributed by atoms with Crippen LogP contribution < -0.4 is 0 Å². The molecule has 0 saturated carbocycles. The second-order valence-corrected chi connectivity index (χ2v) is 2.47. The van der Waals surface area contributed by atoms with E-state index in [1.54, 1.807) is 0 Å². The highest BCUT2D eigenvalue weighted by atomic mass is 79.9. The fourth-order valence-corrected chi connectivity index (χ4v) is 1.03. The maximum absolute atomic E-state index is 6.68. The Labute approximate surface area is 67.9 Å². The van der Waals surface area contributed by atoms with Crippen LogP contribution >= 0.6 is 15.9 Å². The van der Waals surface area contributed by atoms with E-state index in [9.17, 15) is 0 Å². The predicted octanol–water partition coefficient (Wildman–Crippen LogP) is 3.24. The molecule has 52 valence electrons. The zero-order valence-corrected chi connectivity index (χ0v) is 6.93. The highest BCUT2D eigenvalue weighted by Crippen LogP contribution is 2.13. The fraction of sp³-hybridized carbons (Fsp3) is 0.143. The molecule has 0 saturated heterocycles. The Kier molecular flexibility index (Phi) is 2.57. The molecule has 0 spiro atoms. The molecular formula is C7H7BrN2. The van der Waals surface area contributed by atoms with Crippen LogP contribution in [-0.2, 0) is 5.33 Å². The second kappa shape index (κ2) is 3.46. The van der Waals surface area contributed by atoms with Crippen molar-refractivity contribution in [3.8, 4) is 0 Å². The van der Waals surface area contributed by atoms with Crippen LogP contribution in [-0.4, -0.2) is 0 Å². The third-order valence-corrected chi connectivity index (χ3v) is 1.87. The molecule has 2 nitrogen and oxygen atoms in total. The molecule has 0 fully saturated rings. The standard InChI is InChI=1S/C7H7BrN2/c8-5-6-1-3-7(10-9)4-2-6/h1-4,9H,5H2. The second-order valence-electron chi connectivity index (χ2n) is 1.91. The van der Waals surface area contributed by atoms with Crippen molar-refractivity contribution in [1.82, 2.24) is 0 Å². The van der Waals surface area contributed by atoms with Crippen LogP contribution in [0.15, 0.2) is 29.4 Å². The quantitative estimate of drug-likeness (QED) is 0.560. The Balaban J connectivity index is 2.90. The van der Waals surface area contributed by atoms with E-state index < -0.39 is 0 Å². The lowest BCUT2D eigenvalue weighted by Crippen LogP contribution is -1.72. The number of benzene rings is 1. The first-order valence-electron chi connectivity index (χ1n) is 2.89. The van der Waals surface area contributed by atoms with Crippen LogP contribution in [0.1, 0.15) is 5.56 Å². The van der Waals surface area contributed by atoms with E-state index in [-0.39, 0.29) is 0 Å². The molecule has 10 heavy (non-hydrogen) atoms. The van der Waals surface area contributed by atoms with E-state index in [0.29, 0.717) is 5.69 Å². The van der Waals surface area contributed by atoms with E-state index in [0.717, 1.165) is 5.33 Å². The summed E-state index contributed by atoms with van der Waals surface area (Å²) in [5.41, 5.74) is 8.58. The van der Waals surface area contributed by atoms with Crippen molar-refractivity contribution in [2.24, 2.45) is 5.11 Å². The third-order valence-electron chi connectivity index (χ3n) is 1.22. The summed E-state index contributed by atoms with van der Waals surface area (Å²) in [6, 6.07) is 7.54. The van der Waals surface area contributed by atoms with Crippen LogP contribution in [0.3, 0.4) is 0 Å². The first kappa shape index (κ1) is 7.41. The third kappa shape index (κ3) is 1.64. The van der Waals surface area contributed by atoms with Crippen molar-refractivity contribution in [3.63, 3.8) is 0 Å². The zero-order chi connectivity index (χ0) is 7.40. The van der Waals surface area contributed by atoms with E-state index in [4.69, 9.17) is 5.53 Å². The molecule has 3 heteroatoms. The molecule has 0 aliphatic carbocycles. The minimum absolute atomic E-state index is 0.699. The number of hydrogen-bond donors (Lipinski definition) is 1. The number of alkyl halides is 1. The first-order valence-corrected chi connectivity index (χ1v) is 4.01. The fourth-order valence-electron chi connectivity index (χ4n) is 0.660. The summed E-state index contributed by atoms with van der Waals surface area (Å²) in [4.78, 5) is 0. The molecule has 1 N–H and O–H groups in total. The molecular weight excluding hydrogens is 192 g/mol. The average molecular weight is 199 g/mol. The number of rotatable bonds is 2. The maximum atomic E-state index is 6.68. The Morgan fingerprint density at radius 2 is 1.90 bits per heavy atom. The highest BCUT2D eigenvalue weighted by Gasteiger charge is 1.88. The monoisotopic (exact) mass is 198 g/mol. The van der Waals surface area contributed by atoms with E-state index in [1.165, 1.54) is 5.56 Å². The lowest BCUT2D eigenvalue weighted by molar-refractivity contribution is 1.15. The largest absolute Gasteiger partial charge is 0.204 e. The van der Waals surface area contributed by atoms with Gasteiger partial charge in [0.2, 0.25) is 0 Å². The van der Waals surface area contributed by atoms with E-state index >= 15 is 0 Å². The molecule has 0 unspecified atom stereocenters. The molecule has 0 heterocycles.